The third-order valence-electron chi connectivity index (χ3n) is 3.66. The maximum atomic E-state index is 14.2. The van der Waals surface area contributed by atoms with Gasteiger partial charge in [-0.05, 0) is 42.2 Å². The van der Waals surface area contributed by atoms with Crippen molar-refractivity contribution in [1.82, 2.24) is 0 Å². The molecule has 4 heteroatoms. The molecule has 0 atom stereocenters. The summed E-state index contributed by atoms with van der Waals surface area (Å²) in [5.41, 5.74) is 2.27. The van der Waals surface area contributed by atoms with Crippen molar-refractivity contribution in [2.75, 3.05) is 6.61 Å². The number of halogens is 1. The minimum absolute atomic E-state index is 0.242. The Hall–Kier alpha value is -2.36. The Morgan fingerprint density at radius 2 is 1.79 bits per heavy atom. The molecule has 0 spiro atoms. The second-order valence-corrected chi connectivity index (χ2v) is 5.64. The van der Waals surface area contributed by atoms with E-state index < -0.39 is 6.16 Å². The average Bonchev–Trinajstić information content (AvgIpc) is 2.57. The minimum Gasteiger partial charge on any atom is -0.434 e. The molecule has 2 aromatic carbocycles. The first-order valence-corrected chi connectivity index (χ1v) is 8.37. The van der Waals surface area contributed by atoms with Crippen LogP contribution in [0.2, 0.25) is 0 Å². The first-order valence-electron chi connectivity index (χ1n) is 8.37. The lowest BCUT2D eigenvalue weighted by Crippen LogP contribution is -2.11. The summed E-state index contributed by atoms with van der Waals surface area (Å²) in [5, 5.41) is 0. The van der Waals surface area contributed by atoms with E-state index in [-0.39, 0.29) is 5.82 Å². The van der Waals surface area contributed by atoms with Gasteiger partial charge in [0, 0.05) is 5.56 Å². The van der Waals surface area contributed by atoms with Crippen molar-refractivity contribution in [3.8, 4) is 16.9 Å². The van der Waals surface area contributed by atoms with E-state index in [4.69, 9.17) is 9.47 Å². The number of rotatable bonds is 7. The molecule has 0 N–H and O–H groups in total. The highest BCUT2D eigenvalue weighted by Crippen LogP contribution is 2.26. The highest BCUT2D eigenvalue weighted by atomic mass is 19.1. The molecular formula is C20H23FO3. The highest BCUT2D eigenvalue weighted by molar-refractivity contribution is 5.67. The number of benzene rings is 2. The number of ether oxygens (including phenoxy) is 2. The Balaban J connectivity index is 2.02. The summed E-state index contributed by atoms with van der Waals surface area (Å²) in [5.74, 6) is 0.136. The molecule has 0 aliphatic heterocycles. The normalized spacial score (nSPS) is 10.5. The van der Waals surface area contributed by atoms with Crippen LogP contribution in [-0.2, 0) is 11.2 Å². The number of carbonyl (C=O) groups excluding carboxylic acids is 1. The van der Waals surface area contributed by atoms with Crippen molar-refractivity contribution < 1.29 is 18.7 Å². The molecule has 24 heavy (non-hydrogen) atoms. The van der Waals surface area contributed by atoms with Crippen molar-refractivity contribution >= 4 is 6.16 Å². The number of hydrogen-bond acceptors (Lipinski definition) is 3. The molecule has 0 aliphatic carbocycles. The van der Waals surface area contributed by atoms with Crippen molar-refractivity contribution in [3.05, 3.63) is 53.8 Å². The molecule has 0 saturated carbocycles. The van der Waals surface area contributed by atoms with E-state index in [2.05, 4.69) is 6.92 Å². The first-order chi connectivity index (χ1) is 11.6. The number of carbonyl (C=O) groups is 1. The topological polar surface area (TPSA) is 35.5 Å². The van der Waals surface area contributed by atoms with Crippen LogP contribution in [0.1, 0.15) is 38.7 Å². The third-order valence-corrected chi connectivity index (χ3v) is 3.66. The largest absolute Gasteiger partial charge is 0.513 e. The zero-order valence-electron chi connectivity index (χ0n) is 14.2. The molecule has 0 fully saturated rings. The summed E-state index contributed by atoms with van der Waals surface area (Å²) >= 11 is 0. The molecule has 0 radical (unpaired) electrons. The van der Waals surface area contributed by atoms with Crippen LogP contribution >= 0.6 is 0 Å². The Morgan fingerprint density at radius 1 is 1.04 bits per heavy atom. The summed E-state index contributed by atoms with van der Waals surface area (Å²) in [6.07, 6.45) is 2.89. The zero-order chi connectivity index (χ0) is 17.4. The molecule has 0 aromatic heterocycles. The lowest BCUT2D eigenvalue weighted by Gasteiger charge is -2.08. The van der Waals surface area contributed by atoms with E-state index in [1.807, 2.05) is 13.0 Å². The summed E-state index contributed by atoms with van der Waals surface area (Å²) in [7, 11) is 0. The van der Waals surface area contributed by atoms with E-state index in [0.29, 0.717) is 17.9 Å². The number of aryl methyl sites for hydroxylation is 1. The molecule has 2 aromatic rings. The summed E-state index contributed by atoms with van der Waals surface area (Å²) in [6, 6.07) is 12.0. The van der Waals surface area contributed by atoms with E-state index >= 15 is 0 Å². The van der Waals surface area contributed by atoms with Crippen LogP contribution in [0.25, 0.3) is 11.1 Å². The van der Waals surface area contributed by atoms with Crippen LogP contribution in [-0.4, -0.2) is 12.8 Å². The van der Waals surface area contributed by atoms with Crippen LogP contribution in [0.15, 0.2) is 42.5 Å². The van der Waals surface area contributed by atoms with E-state index in [0.717, 1.165) is 36.8 Å². The Bertz CT molecular complexity index is 665. The van der Waals surface area contributed by atoms with Gasteiger partial charge >= 0.3 is 6.16 Å². The van der Waals surface area contributed by atoms with Gasteiger partial charge in [-0.15, -0.1) is 0 Å². The molecule has 0 unspecified atom stereocenters. The molecule has 0 amide bonds. The fraction of sp³-hybridized carbons (Fsp3) is 0.350. The second-order valence-electron chi connectivity index (χ2n) is 5.64. The Kier molecular flexibility index (Phi) is 6.79. The third kappa shape index (κ3) is 5.08. The Morgan fingerprint density at radius 3 is 2.42 bits per heavy atom. The predicted molar refractivity (Wildman–Crippen MR) is 92.7 cm³/mol. The van der Waals surface area contributed by atoms with Gasteiger partial charge in [0.05, 0.1) is 6.61 Å². The van der Waals surface area contributed by atoms with E-state index in [1.165, 1.54) is 0 Å². The highest BCUT2D eigenvalue weighted by Gasteiger charge is 2.09. The van der Waals surface area contributed by atoms with E-state index in [9.17, 15) is 9.18 Å². The van der Waals surface area contributed by atoms with Gasteiger partial charge in [0.15, 0.2) is 0 Å². The lowest BCUT2D eigenvalue weighted by atomic mass is 10.0. The van der Waals surface area contributed by atoms with Gasteiger partial charge < -0.3 is 9.47 Å². The van der Waals surface area contributed by atoms with Crippen molar-refractivity contribution in [1.29, 1.82) is 0 Å². The lowest BCUT2D eigenvalue weighted by molar-refractivity contribution is 0.0978. The van der Waals surface area contributed by atoms with Crippen molar-refractivity contribution in [3.63, 3.8) is 0 Å². The van der Waals surface area contributed by atoms with Gasteiger partial charge in [0.1, 0.15) is 11.6 Å². The summed E-state index contributed by atoms with van der Waals surface area (Å²) in [4.78, 5) is 11.5. The SMILES string of the molecule is CCCCOC(=O)Oc1ccc(-c2ccc(CCC)cc2F)cc1. The van der Waals surface area contributed by atoms with Crippen molar-refractivity contribution in [2.24, 2.45) is 0 Å². The fourth-order valence-corrected chi connectivity index (χ4v) is 2.36. The minimum atomic E-state index is -0.716. The smallest absolute Gasteiger partial charge is 0.434 e. The molecular weight excluding hydrogens is 307 g/mol. The maximum absolute atomic E-state index is 14.2. The van der Waals surface area contributed by atoms with Crippen LogP contribution in [0, 0.1) is 5.82 Å². The van der Waals surface area contributed by atoms with Crippen molar-refractivity contribution in [2.45, 2.75) is 39.5 Å². The molecule has 3 nitrogen and oxygen atoms in total. The predicted octanol–water partition coefficient (Wildman–Crippen LogP) is 5.76. The van der Waals surface area contributed by atoms with Gasteiger partial charge in [-0.3, -0.25) is 0 Å². The molecule has 2 rings (SSSR count). The van der Waals surface area contributed by atoms with Gasteiger partial charge in [0.25, 0.3) is 0 Å². The molecule has 0 bridgehead atoms. The van der Waals surface area contributed by atoms with E-state index in [1.54, 1.807) is 36.4 Å². The monoisotopic (exact) mass is 330 g/mol. The summed E-state index contributed by atoms with van der Waals surface area (Å²) < 4.78 is 24.3. The molecule has 0 saturated heterocycles. The quantitative estimate of drug-likeness (QED) is 0.368. The fourth-order valence-electron chi connectivity index (χ4n) is 2.36. The van der Waals surface area contributed by atoms with Gasteiger partial charge in [-0.2, -0.15) is 0 Å². The first kappa shape index (κ1) is 18.0. The van der Waals surface area contributed by atoms with Gasteiger partial charge in [-0.1, -0.05) is 51.0 Å². The maximum Gasteiger partial charge on any atom is 0.513 e. The van der Waals surface area contributed by atoms with Crippen LogP contribution < -0.4 is 4.74 Å². The zero-order valence-corrected chi connectivity index (χ0v) is 14.2. The van der Waals surface area contributed by atoms with Crippen LogP contribution in [0.5, 0.6) is 5.75 Å². The number of hydrogen-bond donors (Lipinski definition) is 0. The summed E-state index contributed by atoms with van der Waals surface area (Å²) in [6.45, 7) is 4.43. The molecule has 0 aliphatic rings. The van der Waals surface area contributed by atoms with Gasteiger partial charge in [-0.25, -0.2) is 9.18 Å². The van der Waals surface area contributed by atoms with Crippen LogP contribution in [0.4, 0.5) is 9.18 Å². The van der Waals surface area contributed by atoms with Crippen LogP contribution in [0.3, 0.4) is 0 Å². The standard InChI is InChI=1S/C20H23FO3/c1-3-5-13-23-20(22)24-17-10-8-16(9-11-17)18-12-7-15(6-4-2)14-19(18)21/h7-12,14H,3-6,13H2,1-2H3. The number of unbranched alkanes of at least 4 members (excludes halogenated alkanes) is 1. The molecule has 0 heterocycles. The Labute approximate surface area is 142 Å². The molecule has 128 valence electrons. The second kappa shape index (κ2) is 9.06. The van der Waals surface area contributed by atoms with Gasteiger partial charge in [0.2, 0.25) is 0 Å². The average molecular weight is 330 g/mol.